The summed E-state index contributed by atoms with van der Waals surface area (Å²) in [7, 11) is 0. The maximum Gasteiger partial charge on any atom is 0.191 e. The molecule has 6 nitrogen and oxygen atoms in total. The molecule has 5 rings (SSSR count). The number of anilines is 1. The highest BCUT2D eigenvalue weighted by molar-refractivity contribution is 6.43. The molecule has 0 bridgehead atoms. The minimum absolute atomic E-state index is 0.0566. The van der Waals surface area contributed by atoms with E-state index < -0.39 is 0 Å². The third kappa shape index (κ3) is 5.24. The molecule has 2 heterocycles. The average Bonchev–Trinajstić information content (AvgIpc) is 2.90. The highest BCUT2D eigenvalue weighted by Gasteiger charge is 2.13. The number of fused-ring (bicyclic) bond motifs is 2. The zero-order chi connectivity index (χ0) is 25.9. The van der Waals surface area contributed by atoms with Crippen molar-refractivity contribution in [2.45, 2.75) is 13.0 Å². The van der Waals surface area contributed by atoms with Gasteiger partial charge in [-0.3, -0.25) is 14.3 Å². The monoisotopic (exact) mass is 552 g/mol. The third-order valence-electron chi connectivity index (χ3n) is 6.11. The van der Waals surface area contributed by atoms with Crippen LogP contribution in [0.25, 0.3) is 21.8 Å². The summed E-state index contributed by atoms with van der Waals surface area (Å²) in [6.45, 7) is 1.84. The van der Waals surface area contributed by atoms with Crippen molar-refractivity contribution in [3.8, 4) is 0 Å². The van der Waals surface area contributed by atoms with Crippen molar-refractivity contribution in [1.29, 1.82) is 0 Å². The van der Waals surface area contributed by atoms with E-state index in [4.69, 9.17) is 34.8 Å². The molecule has 9 heteroatoms. The molecule has 2 aromatic heterocycles. The largest absolute Gasteiger partial charge is 0.370 e. The van der Waals surface area contributed by atoms with E-state index >= 15 is 0 Å². The normalized spacial score (nSPS) is 11.3. The summed E-state index contributed by atoms with van der Waals surface area (Å²) in [5, 5.41) is 9.41. The van der Waals surface area contributed by atoms with Crippen LogP contribution >= 0.6 is 34.8 Å². The standard InChI is InChI=1S/C28H23Cl3N4O2/c29-19-14-18(28(31)22(30)15-19)17-32-11-5-12-33-27-16-26(37)21-7-2-4-9-24(21)35(27)34-13-10-25(36)20-6-1-3-8-23(20)34/h1-4,6-10,13-16,32-33H,5,11-12,17H2. The number of hydrogen-bond acceptors (Lipinski definition) is 4. The fourth-order valence-electron chi connectivity index (χ4n) is 4.37. The summed E-state index contributed by atoms with van der Waals surface area (Å²) in [6, 6.07) is 21.4. The van der Waals surface area contributed by atoms with Gasteiger partial charge in [-0.05, 0) is 54.9 Å². The molecule has 0 amide bonds. The Hall–Kier alpha value is -3.29. The van der Waals surface area contributed by atoms with Crippen molar-refractivity contribution < 1.29 is 0 Å². The molecular formula is C28H23Cl3N4O2. The van der Waals surface area contributed by atoms with Crippen LogP contribution in [0.5, 0.6) is 0 Å². The van der Waals surface area contributed by atoms with Gasteiger partial charge in [-0.25, -0.2) is 4.68 Å². The van der Waals surface area contributed by atoms with E-state index in [1.807, 2.05) is 45.8 Å². The van der Waals surface area contributed by atoms with E-state index in [0.717, 1.165) is 23.0 Å². The first kappa shape index (κ1) is 25.4. The van der Waals surface area contributed by atoms with Gasteiger partial charge in [0.2, 0.25) is 0 Å². The second-order valence-corrected chi connectivity index (χ2v) is 9.80. The topological polar surface area (TPSA) is 68.1 Å². The molecule has 0 atom stereocenters. The fourth-order valence-corrected chi connectivity index (χ4v) is 5.08. The summed E-state index contributed by atoms with van der Waals surface area (Å²) in [4.78, 5) is 25.4. The summed E-state index contributed by atoms with van der Waals surface area (Å²) in [5.41, 5.74) is 2.17. The van der Waals surface area contributed by atoms with E-state index in [0.29, 0.717) is 51.3 Å². The van der Waals surface area contributed by atoms with Crippen LogP contribution in [-0.2, 0) is 6.54 Å². The van der Waals surface area contributed by atoms with Gasteiger partial charge in [0.25, 0.3) is 0 Å². The van der Waals surface area contributed by atoms with Crippen molar-refractivity contribution in [3.63, 3.8) is 0 Å². The van der Waals surface area contributed by atoms with Crippen molar-refractivity contribution in [2.24, 2.45) is 0 Å². The van der Waals surface area contributed by atoms with Crippen LogP contribution in [0.2, 0.25) is 15.1 Å². The molecule has 0 fully saturated rings. The first-order valence-corrected chi connectivity index (χ1v) is 12.9. The molecular weight excluding hydrogens is 531 g/mol. The smallest absolute Gasteiger partial charge is 0.191 e. The Labute approximate surface area is 228 Å². The first-order chi connectivity index (χ1) is 17.9. The van der Waals surface area contributed by atoms with Gasteiger partial charge in [0.05, 0.1) is 21.1 Å². The third-order valence-corrected chi connectivity index (χ3v) is 7.17. The van der Waals surface area contributed by atoms with E-state index in [1.54, 1.807) is 36.5 Å². The Kier molecular flexibility index (Phi) is 7.53. The van der Waals surface area contributed by atoms with Crippen LogP contribution < -0.4 is 21.5 Å². The number of nitrogens with one attached hydrogen (secondary N) is 2. The Morgan fingerprint density at radius 3 is 2.24 bits per heavy atom. The van der Waals surface area contributed by atoms with Crippen molar-refractivity contribution in [2.75, 3.05) is 18.4 Å². The van der Waals surface area contributed by atoms with E-state index in [2.05, 4.69) is 10.6 Å². The molecule has 188 valence electrons. The molecule has 3 aromatic carbocycles. The highest BCUT2D eigenvalue weighted by atomic mass is 35.5. The van der Waals surface area contributed by atoms with Crippen LogP contribution in [-0.4, -0.2) is 22.4 Å². The maximum absolute atomic E-state index is 12.9. The quantitative estimate of drug-likeness (QED) is 0.178. The van der Waals surface area contributed by atoms with Crippen LogP contribution in [0.1, 0.15) is 12.0 Å². The summed E-state index contributed by atoms with van der Waals surface area (Å²) < 4.78 is 3.82. The summed E-state index contributed by atoms with van der Waals surface area (Å²) in [6.07, 6.45) is 2.51. The second kappa shape index (κ2) is 11.0. The Balaban J connectivity index is 1.40. The molecule has 0 radical (unpaired) electrons. The predicted octanol–water partition coefficient (Wildman–Crippen LogP) is 6.18. The summed E-state index contributed by atoms with van der Waals surface area (Å²) in [5.74, 6) is 0.627. The molecule has 0 aliphatic rings. The maximum atomic E-state index is 12.9. The van der Waals surface area contributed by atoms with Gasteiger partial charge in [-0.1, -0.05) is 59.1 Å². The molecule has 0 aliphatic heterocycles. The van der Waals surface area contributed by atoms with E-state index in [-0.39, 0.29) is 10.9 Å². The number of halogens is 3. The van der Waals surface area contributed by atoms with Crippen molar-refractivity contribution in [1.82, 2.24) is 14.7 Å². The molecule has 2 N–H and O–H groups in total. The molecule has 0 spiro atoms. The molecule has 5 aromatic rings. The van der Waals surface area contributed by atoms with Gasteiger partial charge < -0.3 is 10.6 Å². The lowest BCUT2D eigenvalue weighted by Crippen LogP contribution is -2.23. The van der Waals surface area contributed by atoms with Crippen LogP contribution in [0.15, 0.2) is 88.6 Å². The van der Waals surface area contributed by atoms with Crippen LogP contribution in [0.3, 0.4) is 0 Å². The van der Waals surface area contributed by atoms with Crippen LogP contribution in [0.4, 0.5) is 5.82 Å². The van der Waals surface area contributed by atoms with E-state index in [1.165, 1.54) is 6.07 Å². The van der Waals surface area contributed by atoms with E-state index in [9.17, 15) is 9.59 Å². The summed E-state index contributed by atoms with van der Waals surface area (Å²) >= 11 is 18.5. The first-order valence-electron chi connectivity index (χ1n) is 11.8. The number of benzene rings is 3. The molecule has 0 saturated carbocycles. The molecule has 0 saturated heterocycles. The van der Waals surface area contributed by atoms with Gasteiger partial charge in [0.1, 0.15) is 5.82 Å². The van der Waals surface area contributed by atoms with Gasteiger partial charge in [-0.15, -0.1) is 0 Å². The average molecular weight is 554 g/mol. The SMILES string of the molecule is O=c1ccn(-n2c(NCCCNCc3cc(Cl)cc(Cl)c3Cl)cc(=O)c3ccccc32)c2ccccc12. The predicted molar refractivity (Wildman–Crippen MR) is 153 cm³/mol. The molecule has 37 heavy (non-hydrogen) atoms. The fraction of sp³-hybridized carbons (Fsp3) is 0.143. The minimum Gasteiger partial charge on any atom is -0.370 e. The van der Waals surface area contributed by atoms with Crippen molar-refractivity contribution in [3.05, 3.63) is 120 Å². The number of aromatic nitrogens is 2. The highest BCUT2D eigenvalue weighted by Crippen LogP contribution is 2.29. The Morgan fingerprint density at radius 1 is 0.757 bits per heavy atom. The molecule has 0 unspecified atom stereocenters. The van der Waals surface area contributed by atoms with Crippen LogP contribution in [0, 0.1) is 0 Å². The lowest BCUT2D eigenvalue weighted by molar-refractivity contribution is 0.656. The molecule has 0 aliphatic carbocycles. The lowest BCUT2D eigenvalue weighted by Gasteiger charge is -2.22. The zero-order valence-electron chi connectivity index (χ0n) is 19.7. The minimum atomic E-state index is -0.0784. The Bertz CT molecular complexity index is 1730. The number of hydrogen-bond donors (Lipinski definition) is 2. The van der Waals surface area contributed by atoms with Gasteiger partial charge in [0.15, 0.2) is 10.9 Å². The van der Waals surface area contributed by atoms with Gasteiger partial charge >= 0.3 is 0 Å². The number of para-hydroxylation sites is 2. The van der Waals surface area contributed by atoms with Gasteiger partial charge in [-0.2, -0.15) is 0 Å². The van der Waals surface area contributed by atoms with Gasteiger partial charge in [0, 0.05) is 47.2 Å². The van der Waals surface area contributed by atoms with Crippen molar-refractivity contribution >= 4 is 62.4 Å². The lowest BCUT2D eigenvalue weighted by atomic mass is 10.2. The number of nitrogens with zero attached hydrogens (tertiary/aromatic N) is 2. The Morgan fingerprint density at radius 2 is 1.46 bits per heavy atom. The zero-order valence-corrected chi connectivity index (χ0v) is 21.9. The second-order valence-electron chi connectivity index (χ2n) is 8.58. The number of rotatable bonds is 8. The number of pyridine rings is 2.